The van der Waals surface area contributed by atoms with Crippen LogP contribution in [0.4, 0.5) is 10.1 Å². The topological polar surface area (TPSA) is 50.8 Å². The number of fused-ring (bicyclic) bond motifs is 1. The number of nitrogens with one attached hydrogen (secondary N) is 1. The van der Waals surface area contributed by atoms with Gasteiger partial charge >= 0.3 is 7.62 Å². The predicted octanol–water partition coefficient (Wildman–Crippen LogP) is 2.20. The van der Waals surface area contributed by atoms with Crippen LogP contribution in [0.25, 0.3) is 6.08 Å². The van der Waals surface area contributed by atoms with Crippen LogP contribution in [0.1, 0.15) is 18.4 Å². The number of amides is 1. The Hall–Kier alpha value is -1.57. The molecule has 1 aromatic carbocycles. The van der Waals surface area contributed by atoms with Crippen molar-refractivity contribution in [1.82, 2.24) is 4.81 Å². The number of piperidine rings is 1. The third-order valence-electron chi connectivity index (χ3n) is 3.88. The van der Waals surface area contributed by atoms with E-state index in [1.165, 1.54) is 6.07 Å². The van der Waals surface area contributed by atoms with Crippen molar-refractivity contribution < 1.29 is 18.6 Å². The molecule has 1 saturated heterocycles. The van der Waals surface area contributed by atoms with Gasteiger partial charge in [0.25, 0.3) is 5.91 Å². The van der Waals surface area contributed by atoms with Crippen LogP contribution in [0.3, 0.4) is 0 Å². The predicted molar refractivity (Wildman–Crippen MR) is 88.5 cm³/mol. The van der Waals surface area contributed by atoms with Gasteiger partial charge in [-0.2, -0.15) is 0 Å². The first-order valence-corrected chi connectivity index (χ1v) is 7.81. The fraction of sp³-hybridized carbons (Fsp3) is 0.400. The van der Waals surface area contributed by atoms with Crippen molar-refractivity contribution in [3.63, 3.8) is 0 Å². The number of anilines is 1. The van der Waals surface area contributed by atoms with Gasteiger partial charge in [0.1, 0.15) is 5.69 Å². The molecule has 0 unspecified atom stereocenters. The van der Waals surface area contributed by atoms with E-state index >= 15 is 0 Å². The maximum atomic E-state index is 14.7. The summed E-state index contributed by atoms with van der Waals surface area (Å²) in [6.45, 7) is 1.53. The first-order valence-electron chi connectivity index (χ1n) is 7.44. The van der Waals surface area contributed by atoms with Crippen molar-refractivity contribution in [1.29, 1.82) is 0 Å². The molecule has 3 rings (SSSR count). The number of benzene rings is 1. The van der Waals surface area contributed by atoms with Crippen LogP contribution < -0.4 is 10.1 Å². The fourth-order valence-electron chi connectivity index (χ4n) is 2.91. The molecule has 122 valence electrons. The molecule has 0 saturated carbocycles. The highest BCUT2D eigenvalue weighted by atomic mass is 35.5. The van der Waals surface area contributed by atoms with Gasteiger partial charge in [-0.25, -0.2) is 4.39 Å². The number of carbonyl (C=O) groups is 1. The van der Waals surface area contributed by atoms with Gasteiger partial charge in [-0.15, -0.1) is 0 Å². The monoisotopic (exact) mass is 338 g/mol. The molecule has 2 aliphatic rings. The van der Waals surface area contributed by atoms with Crippen LogP contribution in [0.5, 0.6) is 5.75 Å². The maximum absolute atomic E-state index is 14.7. The average molecular weight is 339 g/mol. The molecule has 0 bridgehead atoms. The molecule has 0 aliphatic carbocycles. The van der Waals surface area contributed by atoms with Crippen molar-refractivity contribution in [3.8, 4) is 5.75 Å². The Morgan fingerprint density at radius 3 is 3.17 bits per heavy atom. The van der Waals surface area contributed by atoms with Gasteiger partial charge in [-0.05, 0) is 25.5 Å². The number of carbonyl (C=O) groups excluding carboxylic acids is 1. The smallest absolute Gasteiger partial charge is 0.363 e. The molecule has 23 heavy (non-hydrogen) atoms. The Balaban J connectivity index is 1.91. The molecule has 8 heteroatoms. The normalized spacial score (nSPS) is 20.0. The molecule has 0 spiro atoms. The van der Waals surface area contributed by atoms with E-state index in [0.29, 0.717) is 13.2 Å². The van der Waals surface area contributed by atoms with Crippen molar-refractivity contribution in [2.75, 3.05) is 32.1 Å². The quantitative estimate of drug-likeness (QED) is 0.859. The minimum Gasteiger partial charge on any atom is -0.480 e. The molecular weight excluding hydrogens is 321 g/mol. The Labute approximate surface area is 139 Å². The van der Waals surface area contributed by atoms with Gasteiger partial charge in [0.05, 0.1) is 5.02 Å². The zero-order valence-electron chi connectivity index (χ0n) is 12.8. The maximum Gasteiger partial charge on any atom is 0.363 e. The van der Waals surface area contributed by atoms with Gasteiger partial charge in [0.2, 0.25) is 0 Å². The third kappa shape index (κ3) is 3.52. The Morgan fingerprint density at radius 2 is 2.39 bits per heavy atom. The third-order valence-corrected chi connectivity index (χ3v) is 4.16. The van der Waals surface area contributed by atoms with Crippen molar-refractivity contribution in [3.05, 3.63) is 28.0 Å². The van der Waals surface area contributed by atoms with Crippen LogP contribution in [0, 0.1) is 5.82 Å². The van der Waals surface area contributed by atoms with E-state index in [0.717, 1.165) is 31.5 Å². The number of ether oxygens (including phenoxy) is 1. The molecule has 1 aromatic rings. The highest BCUT2D eigenvalue weighted by Crippen LogP contribution is 2.40. The van der Waals surface area contributed by atoms with Crippen LogP contribution >= 0.6 is 11.6 Å². The number of halogens is 2. The van der Waals surface area contributed by atoms with Gasteiger partial charge in [0, 0.05) is 19.2 Å². The summed E-state index contributed by atoms with van der Waals surface area (Å²) >= 11 is 6.16. The molecule has 1 amide bonds. The summed E-state index contributed by atoms with van der Waals surface area (Å²) in [5, 5.41) is 2.78. The summed E-state index contributed by atoms with van der Waals surface area (Å²) in [5.41, 5.74) is 1.48. The molecule has 0 aromatic heterocycles. The number of hydrogen-bond donors (Lipinski definition) is 1. The fourth-order valence-corrected chi connectivity index (χ4v) is 3.17. The minimum absolute atomic E-state index is 0.0187. The largest absolute Gasteiger partial charge is 0.480 e. The zero-order chi connectivity index (χ0) is 16.4. The molecule has 5 nitrogen and oxygen atoms in total. The van der Waals surface area contributed by atoms with Gasteiger partial charge < -0.3 is 19.5 Å². The molecule has 2 heterocycles. The summed E-state index contributed by atoms with van der Waals surface area (Å²) in [6.07, 6.45) is 3.69. The van der Waals surface area contributed by atoms with Gasteiger partial charge in [-0.1, -0.05) is 23.3 Å². The molecule has 1 N–H and O–H groups in total. The molecular formula is C15H17BClFN2O3. The van der Waals surface area contributed by atoms with E-state index in [1.54, 1.807) is 13.2 Å². The summed E-state index contributed by atoms with van der Waals surface area (Å²) in [5.74, 6) is -0.717. The summed E-state index contributed by atoms with van der Waals surface area (Å²) in [4.78, 5) is 13.6. The Bertz CT molecular complexity index is 667. The lowest BCUT2D eigenvalue weighted by Gasteiger charge is -2.27. The van der Waals surface area contributed by atoms with Crippen LogP contribution in [0.15, 0.2) is 11.6 Å². The summed E-state index contributed by atoms with van der Waals surface area (Å²) in [7, 11) is 2.21. The zero-order valence-corrected chi connectivity index (χ0v) is 13.6. The van der Waals surface area contributed by atoms with Crippen molar-refractivity contribution in [2.45, 2.75) is 12.8 Å². The van der Waals surface area contributed by atoms with Crippen LogP contribution in [-0.4, -0.2) is 45.1 Å². The van der Waals surface area contributed by atoms with E-state index in [2.05, 4.69) is 10.1 Å². The van der Waals surface area contributed by atoms with E-state index in [1.807, 2.05) is 0 Å². The molecule has 2 aliphatic heterocycles. The number of nitrogens with zero attached hydrogens (tertiary/aromatic N) is 1. The van der Waals surface area contributed by atoms with Crippen molar-refractivity contribution in [2.24, 2.45) is 0 Å². The van der Waals surface area contributed by atoms with E-state index in [-0.39, 0.29) is 29.0 Å². The lowest BCUT2D eigenvalue weighted by molar-refractivity contribution is -0.118. The lowest BCUT2D eigenvalue weighted by Crippen LogP contribution is -2.35. The summed E-state index contributed by atoms with van der Waals surface area (Å²) < 4.78 is 25.0. The first kappa shape index (κ1) is 16.3. The van der Waals surface area contributed by atoms with Gasteiger partial charge in [-0.3, -0.25) is 4.79 Å². The summed E-state index contributed by atoms with van der Waals surface area (Å²) in [6, 6.07) is 1.54. The minimum atomic E-state index is -0.520. The number of rotatable bonds is 3. The molecule has 0 radical (unpaired) electrons. The molecule has 1 fully saturated rings. The average Bonchev–Trinajstić information content (AvgIpc) is 2.53. The second-order valence-electron chi connectivity index (χ2n) is 5.68. The van der Waals surface area contributed by atoms with Crippen LogP contribution in [-0.2, 0) is 9.45 Å². The molecule has 0 atom stereocenters. The second kappa shape index (κ2) is 6.90. The van der Waals surface area contributed by atoms with Crippen LogP contribution in [0.2, 0.25) is 5.02 Å². The standard InChI is InChI=1S/C15H17BClFN2O3/c1-22-16-20-4-2-3-9(7-20)5-10-6-11(17)15-14(13(10)18)19-12(21)8-23-15/h5-6,16H,2-4,7-8H2,1H3,(H,19,21)/b9-5+. The second-order valence-corrected chi connectivity index (χ2v) is 6.09. The van der Waals surface area contributed by atoms with Crippen molar-refractivity contribution >= 4 is 36.9 Å². The SMILES string of the molecule is COBN1CCC/C(=C\c2cc(Cl)c3c(c2F)NC(=O)CO3)C1. The highest BCUT2D eigenvalue weighted by molar-refractivity contribution is 6.33. The first-order chi connectivity index (χ1) is 11.1. The highest BCUT2D eigenvalue weighted by Gasteiger charge is 2.25. The lowest BCUT2D eigenvalue weighted by atomic mass is 9.97. The van der Waals surface area contributed by atoms with Gasteiger partial charge in [0.15, 0.2) is 18.2 Å². The Morgan fingerprint density at radius 1 is 1.57 bits per heavy atom. The van der Waals surface area contributed by atoms with E-state index in [9.17, 15) is 9.18 Å². The van der Waals surface area contributed by atoms with E-state index < -0.39 is 5.82 Å². The van der Waals surface area contributed by atoms with E-state index in [4.69, 9.17) is 21.0 Å². The number of hydrogen-bond acceptors (Lipinski definition) is 4. The Kier molecular flexibility index (Phi) is 4.89.